The zero-order valence-electron chi connectivity index (χ0n) is 9.35. The normalized spacial score (nSPS) is 14.0. The first-order chi connectivity index (χ1) is 6.79. The maximum atomic E-state index is 2.28. The molecule has 76 valence electrons. The molecule has 0 saturated heterocycles. The summed E-state index contributed by atoms with van der Waals surface area (Å²) in [6.07, 6.45) is 3.94. The summed E-state index contributed by atoms with van der Waals surface area (Å²) in [7, 11) is 0. The molecule has 0 bridgehead atoms. The Labute approximate surface area is 110 Å². The Kier molecular flexibility index (Phi) is 2.94. The van der Waals surface area contributed by atoms with Crippen molar-refractivity contribution in [3.8, 4) is 0 Å². The zero-order valence-corrected chi connectivity index (χ0v) is 12.9. The largest absolute Gasteiger partial charge is 0.168 e. The summed E-state index contributed by atoms with van der Waals surface area (Å²) in [4.78, 5) is 0. The molecular weight excluding hydrogens is 347 g/mol. The predicted octanol–water partition coefficient (Wildman–Crippen LogP) is 3.66. The van der Waals surface area contributed by atoms with Crippen LogP contribution in [0.4, 0.5) is 0 Å². The minimum Gasteiger partial charge on any atom is -0.168 e. The van der Waals surface area contributed by atoms with Crippen molar-refractivity contribution in [2.75, 3.05) is 0 Å². The minimum atomic E-state index is 0. The number of hydrogen-bond donors (Lipinski definition) is 0. The fourth-order valence-electron chi connectivity index (χ4n) is 2.97. The molecule has 0 spiro atoms. The van der Waals surface area contributed by atoms with E-state index < -0.39 is 0 Å². The Morgan fingerprint density at radius 3 is 2.47 bits per heavy atom. The monoisotopic (exact) mass is 363 g/mol. The fourth-order valence-corrected chi connectivity index (χ4v) is 2.97. The molecule has 0 nitrogen and oxygen atoms in total. The summed E-state index contributed by atoms with van der Waals surface area (Å²) >= 11 is 0. The van der Waals surface area contributed by atoms with Gasteiger partial charge < -0.3 is 0 Å². The quantitative estimate of drug-likeness (QED) is 0.496. The van der Waals surface area contributed by atoms with Crippen molar-refractivity contribution in [2.24, 2.45) is 0 Å². The first-order valence-electron chi connectivity index (χ1n) is 5.45. The second kappa shape index (κ2) is 3.93. The van der Waals surface area contributed by atoms with Crippen molar-refractivity contribution in [3.05, 3.63) is 40.5 Å². The molecule has 1 aliphatic rings. The molecule has 2 aromatic carbocycles. The fraction of sp³-hybridized carbons (Fsp3) is 0.357. The molecule has 1 heteroatoms. The van der Waals surface area contributed by atoms with E-state index in [1.54, 1.807) is 11.1 Å². The van der Waals surface area contributed by atoms with E-state index in [0.29, 0.717) is 0 Å². The number of rotatable bonds is 0. The van der Waals surface area contributed by atoms with Crippen molar-refractivity contribution in [1.82, 2.24) is 0 Å². The van der Waals surface area contributed by atoms with Gasteiger partial charge in [0.15, 0.2) is 0 Å². The van der Waals surface area contributed by atoms with Crippen LogP contribution in [0.3, 0.4) is 0 Å². The van der Waals surface area contributed by atoms with Gasteiger partial charge >= 0.3 is 0 Å². The maximum absolute atomic E-state index is 2.28. The summed E-state index contributed by atoms with van der Waals surface area (Å²) < 4.78 is 0. The van der Waals surface area contributed by atoms with Crippen LogP contribution in [-0.2, 0) is 38.7 Å². The number of benzene rings is 1. The summed E-state index contributed by atoms with van der Waals surface area (Å²) in [5, 5.41) is 2.95. The van der Waals surface area contributed by atoms with Crippen LogP contribution in [-0.4, -0.2) is 0 Å². The smallest absolute Gasteiger partial charge is 0 e. The van der Waals surface area contributed by atoms with Gasteiger partial charge in [-0.25, -0.2) is 0 Å². The molecule has 1 aliphatic carbocycles. The van der Waals surface area contributed by atoms with Crippen molar-refractivity contribution in [1.29, 1.82) is 0 Å². The first kappa shape index (κ1) is 11.2. The number of fused-ring (bicyclic) bond motifs is 2. The average Bonchev–Trinajstić information content (AvgIpc) is 2.82. The minimum absolute atomic E-state index is 0. The van der Waals surface area contributed by atoms with E-state index in [9.17, 15) is 0 Å². The third kappa shape index (κ3) is 1.47. The molecule has 0 N–H and O–H groups in total. The predicted molar refractivity (Wildman–Crippen MR) is 61.0 cm³/mol. The van der Waals surface area contributed by atoms with Crippen LogP contribution in [0.25, 0.3) is 10.8 Å². The molecule has 0 radical (unpaired) electrons. The van der Waals surface area contributed by atoms with Crippen molar-refractivity contribution in [3.63, 3.8) is 0 Å². The van der Waals surface area contributed by atoms with Gasteiger partial charge in [0.05, 0.1) is 0 Å². The van der Waals surface area contributed by atoms with E-state index in [1.807, 2.05) is 0 Å². The summed E-state index contributed by atoms with van der Waals surface area (Å²) in [6.45, 7) is 4.57. The van der Waals surface area contributed by atoms with Gasteiger partial charge in [-0.2, -0.15) is 12.1 Å². The Hall–Kier alpha value is -0.300. The second-order valence-electron chi connectivity index (χ2n) is 4.41. The Morgan fingerprint density at radius 1 is 1.07 bits per heavy atom. The van der Waals surface area contributed by atoms with Gasteiger partial charge in [0.25, 0.3) is 0 Å². The summed E-state index contributed by atoms with van der Waals surface area (Å²) in [6, 6.07) is 6.70. The molecule has 15 heavy (non-hydrogen) atoms. The standard InChI is InChI=1S/C14H15.Hf/c1-9-11-5-3-7-13(11)10(2)14-8-4-6-12(9)14;/h3,5,7H,4,6,8H2,1-2H3;/q-1;. The maximum Gasteiger partial charge on any atom is 0 e. The molecule has 0 atom stereocenters. The molecule has 0 fully saturated rings. The Bertz CT molecular complexity index is 462. The van der Waals surface area contributed by atoms with Gasteiger partial charge in [-0.3, -0.25) is 0 Å². The van der Waals surface area contributed by atoms with Crippen LogP contribution >= 0.6 is 0 Å². The van der Waals surface area contributed by atoms with E-state index in [4.69, 9.17) is 0 Å². The Morgan fingerprint density at radius 2 is 1.73 bits per heavy atom. The molecule has 0 amide bonds. The van der Waals surface area contributed by atoms with Gasteiger partial charge in [0.1, 0.15) is 0 Å². The van der Waals surface area contributed by atoms with E-state index in [-0.39, 0.29) is 25.8 Å². The van der Waals surface area contributed by atoms with E-state index >= 15 is 0 Å². The van der Waals surface area contributed by atoms with Crippen LogP contribution in [0.5, 0.6) is 0 Å². The molecule has 0 aliphatic heterocycles. The third-order valence-electron chi connectivity index (χ3n) is 3.75. The molecule has 3 rings (SSSR count). The van der Waals surface area contributed by atoms with Crippen LogP contribution in [0, 0.1) is 13.8 Å². The average molecular weight is 362 g/mol. The molecule has 0 saturated carbocycles. The molecular formula is C14H15Hf-. The summed E-state index contributed by atoms with van der Waals surface area (Å²) in [5.74, 6) is 0. The molecule has 0 aromatic heterocycles. The number of aryl methyl sites for hydroxylation is 2. The zero-order chi connectivity index (χ0) is 9.71. The van der Waals surface area contributed by atoms with Crippen LogP contribution < -0.4 is 0 Å². The van der Waals surface area contributed by atoms with Crippen molar-refractivity contribution in [2.45, 2.75) is 33.1 Å². The molecule has 0 heterocycles. The van der Waals surface area contributed by atoms with E-state index in [0.717, 1.165) is 0 Å². The van der Waals surface area contributed by atoms with E-state index in [1.165, 1.54) is 41.2 Å². The SMILES string of the molecule is Cc1c2c(c(C)c3[cH-]ccc13)CCC2.[Hf]. The first-order valence-corrected chi connectivity index (χ1v) is 5.45. The van der Waals surface area contributed by atoms with Gasteiger partial charge in [0, 0.05) is 25.8 Å². The van der Waals surface area contributed by atoms with Crippen molar-refractivity contribution >= 4 is 10.8 Å². The molecule has 0 unspecified atom stereocenters. The topological polar surface area (TPSA) is 0 Å². The Balaban J connectivity index is 0.000000853. The van der Waals surface area contributed by atoms with Crippen LogP contribution in [0.1, 0.15) is 28.7 Å². The second-order valence-corrected chi connectivity index (χ2v) is 4.41. The van der Waals surface area contributed by atoms with Crippen LogP contribution in [0.15, 0.2) is 18.2 Å². The number of hydrogen-bond acceptors (Lipinski definition) is 0. The van der Waals surface area contributed by atoms with Crippen LogP contribution in [0.2, 0.25) is 0 Å². The van der Waals surface area contributed by atoms with Crippen molar-refractivity contribution < 1.29 is 25.8 Å². The van der Waals surface area contributed by atoms with Gasteiger partial charge in [0.2, 0.25) is 0 Å². The molecule has 2 aromatic rings. The van der Waals surface area contributed by atoms with E-state index in [2.05, 4.69) is 32.0 Å². The third-order valence-corrected chi connectivity index (χ3v) is 3.75. The van der Waals surface area contributed by atoms with Gasteiger partial charge in [-0.05, 0) is 26.2 Å². The summed E-state index contributed by atoms with van der Waals surface area (Å²) in [5.41, 5.74) is 6.34. The van der Waals surface area contributed by atoms with Gasteiger partial charge in [-0.1, -0.05) is 23.6 Å². The van der Waals surface area contributed by atoms with Gasteiger partial charge in [-0.15, -0.1) is 22.4 Å².